The van der Waals surface area contributed by atoms with Crippen LogP contribution in [0, 0.1) is 5.92 Å². The van der Waals surface area contributed by atoms with Crippen molar-refractivity contribution in [2.24, 2.45) is 11.7 Å². The molecule has 1 aromatic rings. The van der Waals surface area contributed by atoms with E-state index in [1.54, 1.807) is 0 Å². The van der Waals surface area contributed by atoms with Gasteiger partial charge < -0.3 is 10.6 Å². The summed E-state index contributed by atoms with van der Waals surface area (Å²) in [6.07, 6.45) is 4.08. The van der Waals surface area contributed by atoms with Crippen LogP contribution in [0.2, 0.25) is 5.02 Å². The van der Waals surface area contributed by atoms with Crippen molar-refractivity contribution in [2.45, 2.75) is 38.3 Å². The van der Waals surface area contributed by atoms with Crippen molar-refractivity contribution in [2.75, 3.05) is 11.4 Å². The highest BCUT2D eigenvalue weighted by Crippen LogP contribution is 2.42. The van der Waals surface area contributed by atoms with Gasteiger partial charge in [0.25, 0.3) is 0 Å². The molecule has 2 nitrogen and oxygen atoms in total. The van der Waals surface area contributed by atoms with E-state index in [4.69, 9.17) is 17.3 Å². The van der Waals surface area contributed by atoms with Crippen LogP contribution in [0.25, 0.3) is 0 Å². The Morgan fingerprint density at radius 1 is 1.41 bits per heavy atom. The molecule has 2 N–H and O–H groups in total. The number of piperidine rings is 1. The molecule has 2 unspecified atom stereocenters. The maximum Gasteiger partial charge on any atom is 0.0642 e. The lowest BCUT2D eigenvalue weighted by molar-refractivity contribution is 0.553. The first-order chi connectivity index (χ1) is 8.15. The third kappa shape index (κ3) is 1.94. The van der Waals surface area contributed by atoms with Crippen LogP contribution in [-0.2, 0) is 0 Å². The van der Waals surface area contributed by atoms with Crippen molar-refractivity contribution in [1.29, 1.82) is 0 Å². The van der Waals surface area contributed by atoms with Gasteiger partial charge in [0, 0.05) is 18.6 Å². The van der Waals surface area contributed by atoms with E-state index in [1.807, 2.05) is 13.0 Å². The zero-order chi connectivity index (χ0) is 12.0. The number of anilines is 1. The Kier molecular flexibility index (Phi) is 2.80. The highest BCUT2D eigenvalue weighted by Gasteiger charge is 2.38. The lowest BCUT2D eigenvalue weighted by Crippen LogP contribution is -2.32. The standard InChI is InChI=1S/C14H19ClN2/c1-9(16)11-3-5-14(13(15)7-11)17-8-10-2-4-12(17)6-10/h3,5,7,9-10,12H,2,4,6,8,16H2,1H3/t9-,10?,12?/m1/s1. The smallest absolute Gasteiger partial charge is 0.0642 e. The average Bonchev–Trinajstić information content (AvgIpc) is 2.90. The van der Waals surface area contributed by atoms with Gasteiger partial charge in [-0.25, -0.2) is 0 Å². The van der Waals surface area contributed by atoms with Gasteiger partial charge in [-0.2, -0.15) is 0 Å². The van der Waals surface area contributed by atoms with Gasteiger partial charge in [0.05, 0.1) is 10.7 Å². The quantitative estimate of drug-likeness (QED) is 0.872. The number of halogens is 1. The lowest BCUT2D eigenvalue weighted by Gasteiger charge is -2.30. The van der Waals surface area contributed by atoms with Crippen LogP contribution >= 0.6 is 11.6 Å². The van der Waals surface area contributed by atoms with Gasteiger partial charge in [-0.05, 0) is 49.8 Å². The number of rotatable bonds is 2. The molecule has 0 amide bonds. The second-order valence-electron chi connectivity index (χ2n) is 5.48. The average molecular weight is 251 g/mol. The first-order valence-corrected chi connectivity index (χ1v) is 6.84. The molecule has 17 heavy (non-hydrogen) atoms. The largest absolute Gasteiger partial charge is 0.367 e. The molecule has 1 saturated carbocycles. The summed E-state index contributed by atoms with van der Waals surface area (Å²) in [5.41, 5.74) is 8.19. The number of hydrogen-bond donors (Lipinski definition) is 1. The number of benzene rings is 1. The summed E-state index contributed by atoms with van der Waals surface area (Å²) in [4.78, 5) is 2.49. The van der Waals surface area contributed by atoms with Crippen LogP contribution in [0.1, 0.15) is 37.8 Å². The number of nitrogens with zero attached hydrogens (tertiary/aromatic N) is 1. The molecule has 1 saturated heterocycles. The van der Waals surface area contributed by atoms with E-state index in [1.165, 1.54) is 31.5 Å². The Balaban J connectivity index is 1.89. The summed E-state index contributed by atoms with van der Waals surface area (Å²) in [5.74, 6) is 0.893. The third-order valence-electron chi connectivity index (χ3n) is 4.22. The zero-order valence-corrected chi connectivity index (χ0v) is 11.0. The molecule has 1 aliphatic carbocycles. The molecule has 1 aromatic carbocycles. The molecule has 3 heteroatoms. The number of fused-ring (bicyclic) bond motifs is 2. The summed E-state index contributed by atoms with van der Waals surface area (Å²) in [7, 11) is 0. The van der Waals surface area contributed by atoms with E-state index in [0.29, 0.717) is 0 Å². The molecule has 0 aromatic heterocycles. The summed E-state index contributed by atoms with van der Waals surface area (Å²) in [6.45, 7) is 3.17. The summed E-state index contributed by atoms with van der Waals surface area (Å²) in [5, 5.41) is 0.854. The summed E-state index contributed by atoms with van der Waals surface area (Å²) >= 11 is 6.39. The minimum absolute atomic E-state index is 0.0524. The predicted molar refractivity (Wildman–Crippen MR) is 72.5 cm³/mol. The Labute approximate surface area is 108 Å². The fourth-order valence-electron chi connectivity index (χ4n) is 3.26. The lowest BCUT2D eigenvalue weighted by atomic mass is 10.1. The van der Waals surface area contributed by atoms with Crippen molar-refractivity contribution in [3.8, 4) is 0 Å². The first-order valence-electron chi connectivity index (χ1n) is 6.47. The molecule has 3 atom stereocenters. The van der Waals surface area contributed by atoms with Crippen LogP contribution < -0.4 is 10.6 Å². The first kappa shape index (κ1) is 11.4. The zero-order valence-electron chi connectivity index (χ0n) is 10.2. The third-order valence-corrected chi connectivity index (χ3v) is 4.52. The van der Waals surface area contributed by atoms with Gasteiger partial charge in [-0.15, -0.1) is 0 Å². The molecule has 2 bridgehead atoms. The Hall–Kier alpha value is -0.730. The fourth-order valence-corrected chi connectivity index (χ4v) is 3.56. The van der Waals surface area contributed by atoms with Gasteiger partial charge in [0.1, 0.15) is 0 Å². The predicted octanol–water partition coefficient (Wildman–Crippen LogP) is 3.35. The van der Waals surface area contributed by atoms with Gasteiger partial charge in [-0.1, -0.05) is 17.7 Å². The van der Waals surface area contributed by atoms with Crippen LogP contribution in [0.15, 0.2) is 18.2 Å². The van der Waals surface area contributed by atoms with Gasteiger partial charge >= 0.3 is 0 Å². The Morgan fingerprint density at radius 2 is 2.24 bits per heavy atom. The normalized spacial score (nSPS) is 28.8. The van der Waals surface area contributed by atoms with Crippen molar-refractivity contribution in [3.05, 3.63) is 28.8 Å². The van der Waals surface area contributed by atoms with Gasteiger partial charge in [-0.3, -0.25) is 0 Å². The molecule has 3 rings (SSSR count). The van der Waals surface area contributed by atoms with Crippen LogP contribution in [0.3, 0.4) is 0 Å². The van der Waals surface area contributed by atoms with Crippen LogP contribution in [-0.4, -0.2) is 12.6 Å². The molecule has 2 aliphatic rings. The second kappa shape index (κ2) is 4.18. The van der Waals surface area contributed by atoms with E-state index < -0.39 is 0 Å². The van der Waals surface area contributed by atoms with Gasteiger partial charge in [0.15, 0.2) is 0 Å². The Morgan fingerprint density at radius 3 is 2.76 bits per heavy atom. The van der Waals surface area contributed by atoms with Crippen LogP contribution in [0.4, 0.5) is 5.69 Å². The SMILES string of the molecule is C[C@@H](N)c1ccc(N2CC3CCC2C3)c(Cl)c1. The van der Waals surface area contributed by atoms with Crippen molar-refractivity contribution >= 4 is 17.3 Å². The minimum atomic E-state index is 0.0524. The summed E-state index contributed by atoms with van der Waals surface area (Å²) < 4.78 is 0. The maximum absolute atomic E-state index is 6.39. The molecule has 2 fully saturated rings. The minimum Gasteiger partial charge on any atom is -0.367 e. The van der Waals surface area contributed by atoms with E-state index >= 15 is 0 Å². The van der Waals surface area contributed by atoms with Crippen LogP contribution in [0.5, 0.6) is 0 Å². The maximum atomic E-state index is 6.39. The number of hydrogen-bond acceptors (Lipinski definition) is 2. The highest BCUT2D eigenvalue weighted by molar-refractivity contribution is 6.33. The fraction of sp³-hybridized carbons (Fsp3) is 0.571. The number of nitrogens with two attached hydrogens (primary N) is 1. The molecule has 92 valence electrons. The van der Waals surface area contributed by atoms with E-state index in [0.717, 1.165) is 22.5 Å². The highest BCUT2D eigenvalue weighted by atomic mass is 35.5. The molecule has 0 spiro atoms. The van der Waals surface area contributed by atoms with Crippen molar-refractivity contribution in [3.63, 3.8) is 0 Å². The van der Waals surface area contributed by atoms with E-state index in [9.17, 15) is 0 Å². The Bertz CT molecular complexity index is 430. The molecule has 1 aliphatic heterocycles. The molecule has 0 radical (unpaired) electrons. The summed E-state index contributed by atoms with van der Waals surface area (Å²) in [6, 6.07) is 7.04. The van der Waals surface area contributed by atoms with Crippen molar-refractivity contribution < 1.29 is 0 Å². The topological polar surface area (TPSA) is 29.3 Å². The monoisotopic (exact) mass is 250 g/mol. The van der Waals surface area contributed by atoms with E-state index in [2.05, 4.69) is 17.0 Å². The molecular formula is C14H19ClN2. The second-order valence-corrected chi connectivity index (χ2v) is 5.89. The van der Waals surface area contributed by atoms with Gasteiger partial charge in [0.2, 0.25) is 0 Å². The molecular weight excluding hydrogens is 232 g/mol. The molecule has 1 heterocycles. The van der Waals surface area contributed by atoms with Crippen molar-refractivity contribution in [1.82, 2.24) is 0 Å². The van der Waals surface area contributed by atoms with E-state index in [-0.39, 0.29) is 6.04 Å².